The van der Waals surface area contributed by atoms with Crippen LogP contribution in [0.4, 0.5) is 15.8 Å². The van der Waals surface area contributed by atoms with E-state index in [0.717, 1.165) is 0 Å². The number of aryl methyl sites for hydroxylation is 1. The molecule has 110 valence electrons. The Morgan fingerprint density at radius 1 is 1.33 bits per heavy atom. The van der Waals surface area contributed by atoms with Crippen LogP contribution in [0.25, 0.3) is 0 Å². The number of carbonyl (C=O) groups is 1. The van der Waals surface area contributed by atoms with Gasteiger partial charge in [-0.2, -0.15) is 0 Å². The van der Waals surface area contributed by atoms with Crippen molar-refractivity contribution in [1.29, 1.82) is 0 Å². The van der Waals surface area contributed by atoms with Gasteiger partial charge in [0.1, 0.15) is 11.6 Å². The number of carbonyl (C=O) groups excluding carboxylic acids is 1. The maximum absolute atomic E-state index is 13.0. The quantitative estimate of drug-likeness (QED) is 0.851. The molecule has 21 heavy (non-hydrogen) atoms. The van der Waals surface area contributed by atoms with E-state index in [-0.39, 0.29) is 18.3 Å². The van der Waals surface area contributed by atoms with Crippen LogP contribution in [0.2, 0.25) is 5.02 Å². The Kier molecular flexibility index (Phi) is 4.65. The van der Waals surface area contributed by atoms with Crippen molar-refractivity contribution in [3.63, 3.8) is 0 Å². The maximum Gasteiger partial charge on any atom is 0.262 e. The molecule has 0 aromatic heterocycles. The van der Waals surface area contributed by atoms with Crippen molar-refractivity contribution in [3.8, 4) is 5.75 Å². The van der Waals surface area contributed by atoms with Gasteiger partial charge < -0.3 is 15.8 Å². The summed E-state index contributed by atoms with van der Waals surface area (Å²) in [6.07, 6.45) is 0. The third-order valence-electron chi connectivity index (χ3n) is 2.78. The summed E-state index contributed by atoms with van der Waals surface area (Å²) in [5.41, 5.74) is 7.19. The van der Waals surface area contributed by atoms with Crippen molar-refractivity contribution in [3.05, 3.63) is 52.8 Å². The minimum atomic E-state index is -0.368. The van der Waals surface area contributed by atoms with Crippen LogP contribution in [0.1, 0.15) is 5.56 Å². The molecule has 1 amide bonds. The number of hydrogen-bond donors (Lipinski definition) is 2. The van der Waals surface area contributed by atoms with Gasteiger partial charge in [0.05, 0.1) is 11.4 Å². The van der Waals surface area contributed by atoms with Crippen LogP contribution in [0.3, 0.4) is 0 Å². The van der Waals surface area contributed by atoms with Crippen molar-refractivity contribution in [2.75, 3.05) is 17.7 Å². The molecule has 0 spiro atoms. The first-order chi connectivity index (χ1) is 9.95. The fourth-order valence-electron chi connectivity index (χ4n) is 1.75. The summed E-state index contributed by atoms with van der Waals surface area (Å²) in [5.74, 6) is -0.262. The highest BCUT2D eigenvalue weighted by Crippen LogP contribution is 2.23. The van der Waals surface area contributed by atoms with Crippen LogP contribution in [0, 0.1) is 12.7 Å². The van der Waals surface area contributed by atoms with Crippen molar-refractivity contribution >= 4 is 28.9 Å². The molecule has 0 saturated heterocycles. The van der Waals surface area contributed by atoms with Gasteiger partial charge in [-0.3, -0.25) is 4.79 Å². The van der Waals surface area contributed by atoms with Crippen LogP contribution in [0.15, 0.2) is 36.4 Å². The lowest BCUT2D eigenvalue weighted by Gasteiger charge is -2.11. The monoisotopic (exact) mass is 308 g/mol. The van der Waals surface area contributed by atoms with Gasteiger partial charge >= 0.3 is 0 Å². The van der Waals surface area contributed by atoms with Gasteiger partial charge in [-0.25, -0.2) is 4.39 Å². The van der Waals surface area contributed by atoms with Gasteiger partial charge in [-0.1, -0.05) is 11.6 Å². The molecule has 0 radical (unpaired) electrons. The number of rotatable bonds is 4. The van der Waals surface area contributed by atoms with E-state index in [1.807, 2.05) is 0 Å². The van der Waals surface area contributed by atoms with Gasteiger partial charge in [0.25, 0.3) is 5.91 Å². The van der Waals surface area contributed by atoms with Crippen molar-refractivity contribution in [2.24, 2.45) is 0 Å². The summed E-state index contributed by atoms with van der Waals surface area (Å²) >= 11 is 5.78. The second-order valence-electron chi connectivity index (χ2n) is 4.48. The highest BCUT2D eigenvalue weighted by atomic mass is 35.5. The number of benzene rings is 2. The average Bonchev–Trinajstić information content (AvgIpc) is 2.41. The molecule has 0 heterocycles. The molecule has 0 aliphatic carbocycles. The van der Waals surface area contributed by atoms with Gasteiger partial charge in [-0.15, -0.1) is 0 Å². The summed E-state index contributed by atoms with van der Waals surface area (Å²) in [5, 5.41) is 3.11. The van der Waals surface area contributed by atoms with Crippen molar-refractivity contribution < 1.29 is 13.9 Å². The van der Waals surface area contributed by atoms with Crippen LogP contribution in [0.5, 0.6) is 5.75 Å². The number of nitrogen functional groups attached to an aromatic ring is 1. The number of halogens is 2. The standard InChI is InChI=1S/C15H14ClFN2O2/c1-9-6-11(17)3-5-14(9)21-8-15(20)19-13-4-2-10(16)7-12(13)18/h2-7H,8,18H2,1H3,(H,19,20). The molecule has 0 bridgehead atoms. The van der Waals surface area contributed by atoms with E-state index in [0.29, 0.717) is 27.7 Å². The average molecular weight is 309 g/mol. The minimum absolute atomic E-state index is 0.200. The predicted octanol–water partition coefficient (Wildman–Crippen LogP) is 3.39. The van der Waals surface area contributed by atoms with E-state index in [4.69, 9.17) is 22.1 Å². The van der Waals surface area contributed by atoms with Crippen LogP contribution >= 0.6 is 11.6 Å². The molecule has 0 aliphatic heterocycles. The Labute approximate surface area is 126 Å². The van der Waals surface area contributed by atoms with Gasteiger partial charge in [0, 0.05) is 5.02 Å². The number of amides is 1. The zero-order chi connectivity index (χ0) is 15.4. The lowest BCUT2D eigenvalue weighted by atomic mass is 10.2. The molecule has 0 aliphatic rings. The molecule has 0 saturated carbocycles. The topological polar surface area (TPSA) is 64.3 Å². The van der Waals surface area contributed by atoms with Crippen LogP contribution in [-0.4, -0.2) is 12.5 Å². The maximum atomic E-state index is 13.0. The van der Waals surface area contributed by atoms with Crippen LogP contribution < -0.4 is 15.8 Å². The SMILES string of the molecule is Cc1cc(F)ccc1OCC(=O)Nc1ccc(Cl)cc1N. The number of nitrogens with two attached hydrogens (primary N) is 1. The molecule has 2 aromatic rings. The normalized spacial score (nSPS) is 10.2. The number of hydrogen-bond acceptors (Lipinski definition) is 3. The van der Waals surface area contributed by atoms with E-state index in [9.17, 15) is 9.18 Å². The zero-order valence-corrected chi connectivity index (χ0v) is 12.1. The summed E-state index contributed by atoms with van der Waals surface area (Å²) in [6, 6.07) is 8.87. The van der Waals surface area contributed by atoms with Crippen molar-refractivity contribution in [1.82, 2.24) is 0 Å². The Bertz CT molecular complexity index is 677. The first kappa shape index (κ1) is 15.1. The minimum Gasteiger partial charge on any atom is -0.483 e. The van der Waals surface area contributed by atoms with Gasteiger partial charge in [0.2, 0.25) is 0 Å². The van der Waals surface area contributed by atoms with E-state index in [1.165, 1.54) is 18.2 Å². The largest absolute Gasteiger partial charge is 0.483 e. The lowest BCUT2D eigenvalue weighted by molar-refractivity contribution is -0.118. The first-order valence-corrected chi connectivity index (χ1v) is 6.57. The summed E-state index contributed by atoms with van der Waals surface area (Å²) in [7, 11) is 0. The summed E-state index contributed by atoms with van der Waals surface area (Å²) in [4.78, 5) is 11.8. The Hall–Kier alpha value is -2.27. The number of ether oxygens (including phenoxy) is 1. The number of anilines is 2. The fraction of sp³-hybridized carbons (Fsp3) is 0.133. The molecule has 0 fully saturated rings. The molecular weight excluding hydrogens is 295 g/mol. The molecular formula is C15H14ClFN2O2. The molecule has 2 rings (SSSR count). The van der Waals surface area contributed by atoms with E-state index >= 15 is 0 Å². The van der Waals surface area contributed by atoms with E-state index in [1.54, 1.807) is 25.1 Å². The smallest absolute Gasteiger partial charge is 0.262 e. The highest BCUT2D eigenvalue weighted by molar-refractivity contribution is 6.31. The molecule has 0 atom stereocenters. The molecule has 4 nitrogen and oxygen atoms in total. The molecule has 3 N–H and O–H groups in total. The third kappa shape index (κ3) is 4.10. The summed E-state index contributed by atoms with van der Waals surface area (Å²) < 4.78 is 18.3. The van der Waals surface area contributed by atoms with E-state index in [2.05, 4.69) is 5.32 Å². The van der Waals surface area contributed by atoms with E-state index < -0.39 is 0 Å². The zero-order valence-electron chi connectivity index (χ0n) is 11.3. The Balaban J connectivity index is 1.96. The predicted molar refractivity (Wildman–Crippen MR) is 81.1 cm³/mol. The molecule has 6 heteroatoms. The first-order valence-electron chi connectivity index (χ1n) is 6.19. The Morgan fingerprint density at radius 2 is 2.10 bits per heavy atom. The summed E-state index contributed by atoms with van der Waals surface area (Å²) in [6.45, 7) is 1.50. The Morgan fingerprint density at radius 3 is 2.76 bits per heavy atom. The van der Waals surface area contributed by atoms with Gasteiger partial charge in [-0.05, 0) is 48.9 Å². The molecule has 2 aromatic carbocycles. The van der Waals surface area contributed by atoms with Crippen LogP contribution in [-0.2, 0) is 4.79 Å². The second kappa shape index (κ2) is 6.45. The third-order valence-corrected chi connectivity index (χ3v) is 3.02. The fourth-order valence-corrected chi connectivity index (χ4v) is 1.93. The number of nitrogens with one attached hydrogen (secondary N) is 1. The highest BCUT2D eigenvalue weighted by Gasteiger charge is 2.08. The van der Waals surface area contributed by atoms with Gasteiger partial charge in [0.15, 0.2) is 6.61 Å². The second-order valence-corrected chi connectivity index (χ2v) is 4.91. The lowest BCUT2D eigenvalue weighted by Crippen LogP contribution is -2.21. The van der Waals surface area contributed by atoms with Crippen molar-refractivity contribution in [2.45, 2.75) is 6.92 Å². The molecule has 0 unspecified atom stereocenters.